The lowest BCUT2D eigenvalue weighted by Gasteiger charge is -2.07. The molecule has 0 amide bonds. The Hall–Kier alpha value is -1.32. The van der Waals surface area contributed by atoms with E-state index >= 15 is 0 Å². The lowest BCUT2D eigenvalue weighted by Crippen LogP contribution is -2.13. The van der Waals surface area contributed by atoms with Crippen LogP contribution in [0.1, 0.15) is 18.9 Å². The molecule has 1 N–H and O–H groups in total. The average Bonchev–Trinajstić information content (AvgIpc) is 2.44. The molecule has 0 radical (unpaired) electrons. The molecule has 0 fully saturated rings. The minimum Gasteiger partial charge on any atom is -0.457 e. The fraction of sp³-hybridized carbons (Fsp3) is 0.250. The highest BCUT2D eigenvalue weighted by atomic mass is 79.9. The smallest absolute Gasteiger partial charge is 0.127 e. The van der Waals surface area contributed by atoms with E-state index < -0.39 is 0 Å². The van der Waals surface area contributed by atoms with Crippen molar-refractivity contribution in [2.45, 2.75) is 19.9 Å². The topological polar surface area (TPSA) is 21.3 Å². The second kappa shape index (κ2) is 7.31. The molecule has 0 aliphatic heterocycles. The molecule has 0 aliphatic carbocycles. The molecule has 0 aromatic heterocycles. The van der Waals surface area contributed by atoms with Gasteiger partial charge < -0.3 is 10.1 Å². The molecule has 0 aliphatic rings. The number of ether oxygens (including phenoxy) is 1. The molecule has 0 saturated carbocycles. The van der Waals surface area contributed by atoms with Gasteiger partial charge in [-0.15, -0.1) is 0 Å². The summed E-state index contributed by atoms with van der Waals surface area (Å²) in [5.41, 5.74) is 1.27. The second-order valence-electron chi connectivity index (χ2n) is 4.38. The monoisotopic (exact) mass is 319 g/mol. The predicted octanol–water partition coefficient (Wildman–Crippen LogP) is 4.74. The van der Waals surface area contributed by atoms with E-state index in [9.17, 15) is 0 Å². The zero-order valence-electron chi connectivity index (χ0n) is 11.0. The number of hydrogen-bond acceptors (Lipinski definition) is 2. The number of hydrogen-bond donors (Lipinski definition) is 1. The Morgan fingerprint density at radius 2 is 1.53 bits per heavy atom. The summed E-state index contributed by atoms with van der Waals surface area (Å²) >= 11 is 3.41. The molecule has 0 unspecified atom stereocenters. The lowest BCUT2D eigenvalue weighted by atomic mass is 10.2. The predicted molar refractivity (Wildman–Crippen MR) is 82.7 cm³/mol. The highest BCUT2D eigenvalue weighted by Gasteiger charge is 1.98. The Morgan fingerprint density at radius 1 is 0.947 bits per heavy atom. The van der Waals surface area contributed by atoms with Crippen molar-refractivity contribution < 1.29 is 4.74 Å². The van der Waals surface area contributed by atoms with Gasteiger partial charge in [0.05, 0.1) is 0 Å². The van der Waals surface area contributed by atoms with Crippen LogP contribution >= 0.6 is 15.9 Å². The van der Waals surface area contributed by atoms with Crippen LogP contribution in [0.15, 0.2) is 53.0 Å². The first-order valence-corrected chi connectivity index (χ1v) is 7.30. The Labute approximate surface area is 122 Å². The fourth-order valence-electron chi connectivity index (χ4n) is 1.72. The van der Waals surface area contributed by atoms with Crippen molar-refractivity contribution in [1.29, 1.82) is 0 Å². The molecule has 100 valence electrons. The average molecular weight is 320 g/mol. The van der Waals surface area contributed by atoms with Gasteiger partial charge in [0.15, 0.2) is 0 Å². The normalized spacial score (nSPS) is 10.4. The van der Waals surface area contributed by atoms with Crippen LogP contribution < -0.4 is 10.1 Å². The highest BCUT2D eigenvalue weighted by molar-refractivity contribution is 9.10. The first-order chi connectivity index (χ1) is 9.28. The van der Waals surface area contributed by atoms with Crippen LogP contribution in [-0.4, -0.2) is 6.54 Å². The van der Waals surface area contributed by atoms with Crippen LogP contribution in [-0.2, 0) is 6.54 Å². The third-order valence-electron chi connectivity index (χ3n) is 2.73. The van der Waals surface area contributed by atoms with E-state index in [1.165, 1.54) is 5.56 Å². The number of rotatable bonds is 6. The van der Waals surface area contributed by atoms with Crippen molar-refractivity contribution in [2.24, 2.45) is 0 Å². The Bertz CT molecular complexity index is 493. The SMILES string of the molecule is CCCNCc1ccc(Oc2ccc(Br)cc2)cc1. The van der Waals surface area contributed by atoms with Crippen molar-refractivity contribution in [1.82, 2.24) is 5.32 Å². The van der Waals surface area contributed by atoms with Gasteiger partial charge in [-0.1, -0.05) is 35.0 Å². The molecule has 0 bridgehead atoms. The maximum atomic E-state index is 5.77. The molecule has 2 rings (SSSR count). The second-order valence-corrected chi connectivity index (χ2v) is 5.29. The molecule has 3 heteroatoms. The molecule has 0 atom stereocenters. The molecule has 0 spiro atoms. The van der Waals surface area contributed by atoms with Crippen LogP contribution in [0.3, 0.4) is 0 Å². The van der Waals surface area contributed by atoms with Crippen molar-refractivity contribution in [3.8, 4) is 11.5 Å². The summed E-state index contributed by atoms with van der Waals surface area (Å²) in [5.74, 6) is 1.71. The largest absolute Gasteiger partial charge is 0.457 e. The van der Waals surface area contributed by atoms with E-state index in [1.807, 2.05) is 36.4 Å². The summed E-state index contributed by atoms with van der Waals surface area (Å²) in [7, 11) is 0. The fourth-order valence-corrected chi connectivity index (χ4v) is 1.99. The lowest BCUT2D eigenvalue weighted by molar-refractivity contribution is 0.482. The van der Waals surface area contributed by atoms with E-state index in [-0.39, 0.29) is 0 Å². The van der Waals surface area contributed by atoms with E-state index in [4.69, 9.17) is 4.74 Å². The third-order valence-corrected chi connectivity index (χ3v) is 3.26. The van der Waals surface area contributed by atoms with Gasteiger partial charge in [0, 0.05) is 11.0 Å². The van der Waals surface area contributed by atoms with Gasteiger partial charge in [-0.25, -0.2) is 0 Å². The number of benzene rings is 2. The van der Waals surface area contributed by atoms with Crippen LogP contribution in [0.2, 0.25) is 0 Å². The van der Waals surface area contributed by atoms with Crippen molar-refractivity contribution in [3.63, 3.8) is 0 Å². The summed E-state index contributed by atoms with van der Waals surface area (Å²) in [6.45, 7) is 4.13. The van der Waals surface area contributed by atoms with Gasteiger partial charge in [-0.2, -0.15) is 0 Å². The quantitative estimate of drug-likeness (QED) is 0.776. The molecular formula is C16H18BrNO. The summed E-state index contributed by atoms with van der Waals surface area (Å²) in [6.07, 6.45) is 1.16. The molecule has 0 saturated heterocycles. The Morgan fingerprint density at radius 3 is 2.11 bits per heavy atom. The van der Waals surface area contributed by atoms with E-state index in [2.05, 4.69) is 40.3 Å². The summed E-state index contributed by atoms with van der Waals surface area (Å²) in [4.78, 5) is 0. The zero-order chi connectivity index (χ0) is 13.5. The van der Waals surface area contributed by atoms with Gasteiger partial charge >= 0.3 is 0 Å². The van der Waals surface area contributed by atoms with E-state index in [0.29, 0.717) is 0 Å². The Balaban J connectivity index is 1.92. The van der Waals surface area contributed by atoms with Crippen molar-refractivity contribution >= 4 is 15.9 Å². The molecule has 2 nitrogen and oxygen atoms in total. The van der Waals surface area contributed by atoms with Gasteiger partial charge in [0.25, 0.3) is 0 Å². The van der Waals surface area contributed by atoms with Crippen LogP contribution in [0.25, 0.3) is 0 Å². The molecule has 19 heavy (non-hydrogen) atoms. The zero-order valence-corrected chi connectivity index (χ0v) is 12.6. The third kappa shape index (κ3) is 4.69. The van der Waals surface area contributed by atoms with Gasteiger partial charge in [-0.05, 0) is 54.9 Å². The summed E-state index contributed by atoms with van der Waals surface area (Å²) in [6, 6.07) is 16.0. The highest BCUT2D eigenvalue weighted by Crippen LogP contribution is 2.23. The molecule has 2 aromatic rings. The first kappa shape index (κ1) is 14.1. The first-order valence-electron chi connectivity index (χ1n) is 6.51. The summed E-state index contributed by atoms with van der Waals surface area (Å²) in [5, 5.41) is 3.38. The minimum atomic E-state index is 0.847. The van der Waals surface area contributed by atoms with Crippen LogP contribution in [0.4, 0.5) is 0 Å². The van der Waals surface area contributed by atoms with Crippen LogP contribution in [0, 0.1) is 0 Å². The minimum absolute atomic E-state index is 0.847. The molecule has 0 heterocycles. The maximum Gasteiger partial charge on any atom is 0.127 e. The standard InChI is InChI=1S/C16H18BrNO/c1-2-11-18-12-13-3-7-15(8-4-13)19-16-9-5-14(17)6-10-16/h3-10,18H,2,11-12H2,1H3. The van der Waals surface area contributed by atoms with Crippen molar-refractivity contribution in [2.75, 3.05) is 6.54 Å². The molecular weight excluding hydrogens is 302 g/mol. The molecule has 2 aromatic carbocycles. The van der Waals surface area contributed by atoms with Crippen LogP contribution in [0.5, 0.6) is 11.5 Å². The van der Waals surface area contributed by atoms with E-state index in [1.54, 1.807) is 0 Å². The van der Waals surface area contributed by atoms with Gasteiger partial charge in [0.1, 0.15) is 11.5 Å². The van der Waals surface area contributed by atoms with E-state index in [0.717, 1.165) is 35.5 Å². The summed E-state index contributed by atoms with van der Waals surface area (Å²) < 4.78 is 6.83. The Kier molecular flexibility index (Phi) is 5.43. The van der Waals surface area contributed by atoms with Crippen molar-refractivity contribution in [3.05, 3.63) is 58.6 Å². The number of nitrogens with one attached hydrogen (secondary N) is 1. The van der Waals surface area contributed by atoms with Gasteiger partial charge in [0.2, 0.25) is 0 Å². The van der Waals surface area contributed by atoms with Gasteiger partial charge in [-0.3, -0.25) is 0 Å². The number of halogens is 1. The maximum absolute atomic E-state index is 5.77.